The van der Waals surface area contributed by atoms with Crippen LogP contribution in [-0.4, -0.2) is 16.6 Å². The van der Waals surface area contributed by atoms with Crippen LogP contribution in [0, 0.1) is 0 Å². The Morgan fingerprint density at radius 1 is 1.24 bits per heavy atom. The number of hydrogen-bond donors (Lipinski definition) is 1. The summed E-state index contributed by atoms with van der Waals surface area (Å²) in [5.74, 6) is 0.489. The van der Waals surface area contributed by atoms with Gasteiger partial charge in [-0.15, -0.1) is 0 Å². The minimum Gasteiger partial charge on any atom is -0.349 e. The zero-order valence-corrected chi connectivity index (χ0v) is 12.6. The van der Waals surface area contributed by atoms with Crippen molar-refractivity contribution in [3.05, 3.63) is 59.8 Å². The van der Waals surface area contributed by atoms with Crippen LogP contribution >= 0.6 is 11.8 Å². The fourth-order valence-electron chi connectivity index (χ4n) is 2.71. The summed E-state index contributed by atoms with van der Waals surface area (Å²) >= 11 is 1.48. The highest BCUT2D eigenvalue weighted by Gasteiger charge is 2.21. The van der Waals surface area contributed by atoms with Crippen molar-refractivity contribution in [1.82, 2.24) is 10.3 Å². The molecule has 1 aliphatic carbocycles. The molecule has 21 heavy (non-hydrogen) atoms. The topological polar surface area (TPSA) is 42.0 Å². The SMILES string of the molecule is O=C(CSc1ccccn1)N[C@H]1CCCc2ccccc21. The maximum Gasteiger partial charge on any atom is 0.230 e. The quantitative estimate of drug-likeness (QED) is 0.880. The molecule has 0 radical (unpaired) electrons. The van der Waals surface area contributed by atoms with E-state index in [4.69, 9.17) is 0 Å². The summed E-state index contributed by atoms with van der Waals surface area (Å²) in [5, 5.41) is 4.04. The molecule has 0 aliphatic heterocycles. The summed E-state index contributed by atoms with van der Waals surface area (Å²) < 4.78 is 0. The maximum absolute atomic E-state index is 12.1. The van der Waals surface area contributed by atoms with E-state index in [1.807, 2.05) is 24.3 Å². The van der Waals surface area contributed by atoms with Crippen molar-refractivity contribution in [2.24, 2.45) is 0 Å². The number of benzene rings is 1. The smallest absolute Gasteiger partial charge is 0.230 e. The van der Waals surface area contributed by atoms with Gasteiger partial charge in [-0.1, -0.05) is 42.1 Å². The molecule has 2 aromatic rings. The molecule has 1 N–H and O–H groups in total. The molecule has 0 spiro atoms. The molecule has 0 unspecified atom stereocenters. The van der Waals surface area contributed by atoms with Crippen LogP contribution in [0.15, 0.2) is 53.7 Å². The molecule has 1 aromatic carbocycles. The van der Waals surface area contributed by atoms with Gasteiger partial charge in [-0.05, 0) is 42.5 Å². The molecular formula is C17H18N2OS. The Balaban J connectivity index is 1.58. The van der Waals surface area contributed by atoms with Crippen molar-refractivity contribution < 1.29 is 4.79 Å². The monoisotopic (exact) mass is 298 g/mol. The van der Waals surface area contributed by atoms with Crippen LogP contribution < -0.4 is 5.32 Å². The van der Waals surface area contributed by atoms with Crippen LogP contribution in [0.1, 0.15) is 30.0 Å². The van der Waals surface area contributed by atoms with E-state index < -0.39 is 0 Å². The van der Waals surface area contributed by atoms with Crippen molar-refractivity contribution in [2.45, 2.75) is 30.3 Å². The Labute approximate surface area is 129 Å². The lowest BCUT2D eigenvalue weighted by molar-refractivity contribution is -0.119. The minimum absolute atomic E-state index is 0.0763. The highest BCUT2D eigenvalue weighted by Crippen LogP contribution is 2.29. The van der Waals surface area contributed by atoms with Gasteiger partial charge in [0.1, 0.15) is 0 Å². The number of carbonyl (C=O) groups is 1. The second-order valence-electron chi connectivity index (χ2n) is 5.17. The van der Waals surface area contributed by atoms with Gasteiger partial charge in [0, 0.05) is 6.20 Å². The first-order valence-electron chi connectivity index (χ1n) is 7.24. The first-order valence-corrected chi connectivity index (χ1v) is 8.22. The van der Waals surface area contributed by atoms with E-state index in [2.05, 4.69) is 28.5 Å². The number of rotatable bonds is 4. The fourth-order valence-corrected chi connectivity index (χ4v) is 3.38. The molecule has 1 atom stereocenters. The molecule has 1 aliphatic rings. The number of carbonyl (C=O) groups excluding carboxylic acids is 1. The van der Waals surface area contributed by atoms with Gasteiger partial charge in [0.25, 0.3) is 0 Å². The third-order valence-electron chi connectivity index (χ3n) is 3.69. The molecule has 1 amide bonds. The summed E-state index contributed by atoms with van der Waals surface area (Å²) in [6.45, 7) is 0. The van der Waals surface area contributed by atoms with Crippen molar-refractivity contribution in [3.63, 3.8) is 0 Å². The normalized spacial score (nSPS) is 17.0. The molecule has 108 valence electrons. The Bertz CT molecular complexity index is 615. The Morgan fingerprint density at radius 3 is 2.95 bits per heavy atom. The number of pyridine rings is 1. The van der Waals surface area contributed by atoms with Gasteiger partial charge in [-0.25, -0.2) is 4.98 Å². The third kappa shape index (κ3) is 3.64. The first kappa shape index (κ1) is 14.1. The van der Waals surface area contributed by atoms with E-state index in [0.717, 1.165) is 24.3 Å². The number of nitrogens with one attached hydrogen (secondary N) is 1. The molecule has 0 bridgehead atoms. The fraction of sp³-hybridized carbons (Fsp3) is 0.294. The lowest BCUT2D eigenvalue weighted by Gasteiger charge is -2.26. The number of fused-ring (bicyclic) bond motifs is 1. The Hall–Kier alpha value is -1.81. The van der Waals surface area contributed by atoms with Crippen molar-refractivity contribution >= 4 is 17.7 Å². The van der Waals surface area contributed by atoms with E-state index >= 15 is 0 Å². The van der Waals surface area contributed by atoms with Crippen LogP contribution in [0.2, 0.25) is 0 Å². The summed E-state index contributed by atoms with van der Waals surface area (Å²) in [5.41, 5.74) is 2.64. The summed E-state index contributed by atoms with van der Waals surface area (Å²) in [6.07, 6.45) is 5.02. The average Bonchev–Trinajstić information content (AvgIpc) is 2.54. The van der Waals surface area contributed by atoms with Gasteiger partial charge in [0.2, 0.25) is 5.91 Å². The van der Waals surface area contributed by atoms with Gasteiger partial charge in [-0.3, -0.25) is 4.79 Å². The second kappa shape index (κ2) is 6.76. The van der Waals surface area contributed by atoms with Crippen molar-refractivity contribution in [3.8, 4) is 0 Å². The van der Waals surface area contributed by atoms with Gasteiger partial charge in [-0.2, -0.15) is 0 Å². The Kier molecular flexibility index (Phi) is 4.55. The molecule has 4 heteroatoms. The van der Waals surface area contributed by atoms with E-state index in [1.54, 1.807) is 6.20 Å². The molecular weight excluding hydrogens is 280 g/mol. The standard InChI is InChI=1S/C17H18N2OS/c20-16(12-21-17-10-3-4-11-18-17)19-15-9-5-7-13-6-1-2-8-14(13)15/h1-4,6,8,10-11,15H,5,7,9,12H2,(H,19,20)/t15-/m0/s1. The second-order valence-corrected chi connectivity index (χ2v) is 6.16. The van der Waals surface area contributed by atoms with E-state index in [9.17, 15) is 4.79 Å². The maximum atomic E-state index is 12.1. The van der Waals surface area contributed by atoms with Gasteiger partial charge in [0.15, 0.2) is 0 Å². The molecule has 0 saturated carbocycles. The lowest BCUT2D eigenvalue weighted by atomic mass is 9.88. The van der Waals surface area contributed by atoms with Crippen LogP contribution in [0.25, 0.3) is 0 Å². The zero-order valence-electron chi connectivity index (χ0n) is 11.8. The van der Waals surface area contributed by atoms with Crippen LogP contribution in [-0.2, 0) is 11.2 Å². The molecule has 3 nitrogen and oxygen atoms in total. The average molecular weight is 298 g/mol. The minimum atomic E-state index is 0.0763. The van der Waals surface area contributed by atoms with Crippen LogP contribution in [0.5, 0.6) is 0 Å². The van der Waals surface area contributed by atoms with Gasteiger partial charge < -0.3 is 5.32 Å². The number of aryl methyl sites for hydroxylation is 1. The largest absolute Gasteiger partial charge is 0.349 e. The zero-order chi connectivity index (χ0) is 14.5. The van der Waals surface area contributed by atoms with Crippen LogP contribution in [0.4, 0.5) is 0 Å². The summed E-state index contributed by atoms with van der Waals surface area (Å²) in [4.78, 5) is 16.4. The molecule has 0 saturated heterocycles. The number of thioether (sulfide) groups is 1. The number of aromatic nitrogens is 1. The third-order valence-corrected chi connectivity index (χ3v) is 4.64. The highest BCUT2D eigenvalue weighted by atomic mass is 32.2. The number of nitrogens with zero attached hydrogens (tertiary/aromatic N) is 1. The van der Waals surface area contributed by atoms with Crippen LogP contribution in [0.3, 0.4) is 0 Å². The lowest BCUT2D eigenvalue weighted by Crippen LogP contribution is -2.32. The summed E-state index contributed by atoms with van der Waals surface area (Å²) in [7, 11) is 0. The van der Waals surface area contributed by atoms with E-state index in [-0.39, 0.29) is 11.9 Å². The molecule has 3 rings (SSSR count). The van der Waals surface area contributed by atoms with Crippen molar-refractivity contribution in [2.75, 3.05) is 5.75 Å². The number of amides is 1. The predicted molar refractivity (Wildman–Crippen MR) is 85.2 cm³/mol. The van der Waals surface area contributed by atoms with Gasteiger partial charge >= 0.3 is 0 Å². The molecule has 0 fully saturated rings. The van der Waals surface area contributed by atoms with Gasteiger partial charge in [0.05, 0.1) is 16.8 Å². The predicted octanol–water partition coefficient (Wildman–Crippen LogP) is 3.37. The molecule has 1 aromatic heterocycles. The van der Waals surface area contributed by atoms with E-state index in [1.165, 1.54) is 22.9 Å². The number of hydrogen-bond acceptors (Lipinski definition) is 3. The van der Waals surface area contributed by atoms with Crippen molar-refractivity contribution in [1.29, 1.82) is 0 Å². The molecule has 1 heterocycles. The summed E-state index contributed by atoms with van der Waals surface area (Å²) in [6, 6.07) is 14.3. The van der Waals surface area contributed by atoms with E-state index in [0.29, 0.717) is 5.75 Å². The Morgan fingerprint density at radius 2 is 2.10 bits per heavy atom. The highest BCUT2D eigenvalue weighted by molar-refractivity contribution is 7.99. The first-order chi connectivity index (χ1) is 10.3.